The maximum atomic E-state index is 12.5. The SMILES string of the molecule is CCOC(=O)[C@@]12CCN(c3cccc(-c4ccccc4OCc4ccc5c(c4)CCN(C(=O)OC(C)(C)C)C5)n3)C[C@@H]1C2. The van der Waals surface area contributed by atoms with Gasteiger partial charge in [0.05, 0.1) is 17.7 Å². The summed E-state index contributed by atoms with van der Waals surface area (Å²) in [4.78, 5) is 34.1. The highest BCUT2D eigenvalue weighted by Gasteiger charge is 2.63. The number of hydrogen-bond acceptors (Lipinski definition) is 7. The first kappa shape index (κ1) is 29.0. The molecule has 6 rings (SSSR count). The zero-order chi connectivity index (χ0) is 30.2. The number of pyridine rings is 1. The van der Waals surface area contributed by atoms with Crippen LogP contribution in [0.3, 0.4) is 0 Å². The van der Waals surface area contributed by atoms with Crippen LogP contribution in [0.4, 0.5) is 10.6 Å². The molecule has 0 unspecified atom stereocenters. The summed E-state index contributed by atoms with van der Waals surface area (Å²) in [6.45, 7) is 11.2. The minimum atomic E-state index is -0.506. The van der Waals surface area contributed by atoms with Crippen molar-refractivity contribution >= 4 is 17.9 Å². The molecule has 8 heteroatoms. The van der Waals surface area contributed by atoms with Gasteiger partial charge in [0.15, 0.2) is 0 Å². The van der Waals surface area contributed by atoms with Crippen molar-refractivity contribution in [3.63, 3.8) is 0 Å². The lowest BCUT2D eigenvalue weighted by Gasteiger charge is -2.31. The average Bonchev–Trinajstić information content (AvgIpc) is 3.75. The van der Waals surface area contributed by atoms with Gasteiger partial charge in [-0.2, -0.15) is 0 Å². The third-order valence-electron chi connectivity index (χ3n) is 8.73. The minimum Gasteiger partial charge on any atom is -0.488 e. The number of piperidine rings is 1. The molecule has 0 bridgehead atoms. The Balaban J connectivity index is 1.11. The molecular formula is C35H41N3O5. The number of carbonyl (C=O) groups is 2. The molecule has 2 fully saturated rings. The monoisotopic (exact) mass is 583 g/mol. The van der Waals surface area contributed by atoms with Crippen molar-refractivity contribution in [2.24, 2.45) is 11.3 Å². The van der Waals surface area contributed by atoms with Gasteiger partial charge in [0, 0.05) is 31.7 Å². The van der Waals surface area contributed by atoms with Crippen LogP contribution < -0.4 is 9.64 Å². The highest BCUT2D eigenvalue weighted by Crippen LogP contribution is 2.59. The standard InChI is InChI=1S/C35H41N3O5/c1-5-41-32(39)35-16-18-37(22-27(35)20-35)31-12-8-10-29(36-31)28-9-6-7-11-30(28)42-23-24-13-14-26-21-38(17-15-25(26)19-24)33(40)43-34(2,3)4/h6-14,19,27H,5,15-18,20-23H2,1-4H3/t27-,35+/m0/s1. The minimum absolute atomic E-state index is 0.0332. The van der Waals surface area contributed by atoms with Crippen molar-refractivity contribution in [3.05, 3.63) is 77.4 Å². The fourth-order valence-electron chi connectivity index (χ4n) is 6.35. The van der Waals surface area contributed by atoms with E-state index in [9.17, 15) is 9.59 Å². The molecule has 0 radical (unpaired) electrons. The van der Waals surface area contributed by atoms with Crippen molar-refractivity contribution in [2.45, 2.75) is 65.7 Å². The molecule has 3 aliphatic rings. The molecular weight excluding hydrogens is 542 g/mol. The van der Waals surface area contributed by atoms with Crippen LogP contribution in [0.1, 0.15) is 57.2 Å². The topological polar surface area (TPSA) is 81.2 Å². The van der Waals surface area contributed by atoms with Gasteiger partial charge in [0.1, 0.15) is 23.8 Å². The number of rotatable bonds is 7. The van der Waals surface area contributed by atoms with E-state index >= 15 is 0 Å². The number of carbonyl (C=O) groups excluding carboxylic acids is 2. The average molecular weight is 584 g/mol. The van der Waals surface area contributed by atoms with Crippen molar-refractivity contribution < 1.29 is 23.8 Å². The summed E-state index contributed by atoms with van der Waals surface area (Å²) in [6, 6.07) is 20.5. The molecule has 1 amide bonds. The number of anilines is 1. The Kier molecular flexibility index (Phi) is 7.79. The molecule has 43 heavy (non-hydrogen) atoms. The largest absolute Gasteiger partial charge is 0.488 e. The van der Waals surface area contributed by atoms with Gasteiger partial charge in [-0.05, 0) is 93.8 Å². The first-order chi connectivity index (χ1) is 20.6. The fraction of sp³-hybridized carbons (Fsp3) is 0.457. The number of esters is 1. The maximum absolute atomic E-state index is 12.5. The van der Waals surface area contributed by atoms with Crippen LogP contribution in [-0.4, -0.2) is 53.8 Å². The Hall–Kier alpha value is -4.07. The van der Waals surface area contributed by atoms with Crippen LogP contribution in [0.2, 0.25) is 0 Å². The molecule has 1 saturated carbocycles. The van der Waals surface area contributed by atoms with E-state index in [0.717, 1.165) is 66.3 Å². The molecule has 3 aromatic rings. The van der Waals surface area contributed by atoms with E-state index in [-0.39, 0.29) is 17.5 Å². The van der Waals surface area contributed by atoms with Crippen molar-refractivity contribution in [1.82, 2.24) is 9.88 Å². The van der Waals surface area contributed by atoms with E-state index in [1.54, 1.807) is 4.90 Å². The van der Waals surface area contributed by atoms with Gasteiger partial charge in [-0.15, -0.1) is 0 Å². The van der Waals surface area contributed by atoms with Gasteiger partial charge in [-0.1, -0.05) is 36.4 Å². The molecule has 1 saturated heterocycles. The third kappa shape index (κ3) is 6.19. The van der Waals surface area contributed by atoms with Gasteiger partial charge < -0.3 is 24.0 Å². The van der Waals surface area contributed by atoms with E-state index in [1.807, 2.05) is 70.2 Å². The number of nitrogens with zero attached hydrogens (tertiary/aromatic N) is 3. The van der Waals surface area contributed by atoms with E-state index in [4.69, 9.17) is 19.2 Å². The summed E-state index contributed by atoms with van der Waals surface area (Å²) in [5.74, 6) is 2.00. The number of hydrogen-bond donors (Lipinski definition) is 0. The Morgan fingerprint density at radius 2 is 1.86 bits per heavy atom. The second-order valence-corrected chi connectivity index (χ2v) is 12.9. The summed E-state index contributed by atoms with van der Waals surface area (Å²) < 4.78 is 17.3. The molecule has 3 heterocycles. The molecule has 2 aliphatic heterocycles. The Morgan fingerprint density at radius 1 is 1.02 bits per heavy atom. The number of fused-ring (bicyclic) bond motifs is 2. The predicted octanol–water partition coefficient (Wildman–Crippen LogP) is 6.40. The molecule has 1 aromatic heterocycles. The molecule has 2 aromatic carbocycles. The number of amides is 1. The van der Waals surface area contributed by atoms with Crippen LogP contribution in [0, 0.1) is 11.3 Å². The Morgan fingerprint density at radius 3 is 2.65 bits per heavy atom. The molecule has 0 spiro atoms. The van der Waals surface area contributed by atoms with E-state index in [2.05, 4.69) is 23.1 Å². The normalized spacial score (nSPS) is 21.0. The van der Waals surface area contributed by atoms with Gasteiger partial charge in [-0.25, -0.2) is 9.78 Å². The Bertz CT molecular complexity index is 1520. The lowest BCUT2D eigenvalue weighted by molar-refractivity contribution is -0.150. The zero-order valence-electron chi connectivity index (χ0n) is 25.6. The second kappa shape index (κ2) is 11.5. The molecule has 1 aliphatic carbocycles. The van der Waals surface area contributed by atoms with Gasteiger partial charge in [0.25, 0.3) is 0 Å². The molecule has 226 valence electrons. The summed E-state index contributed by atoms with van der Waals surface area (Å²) >= 11 is 0. The van der Waals surface area contributed by atoms with Crippen molar-refractivity contribution in [2.75, 3.05) is 31.1 Å². The molecule has 0 N–H and O–H groups in total. The summed E-state index contributed by atoms with van der Waals surface area (Å²) in [5, 5.41) is 0. The van der Waals surface area contributed by atoms with Gasteiger partial charge in [-0.3, -0.25) is 4.79 Å². The van der Waals surface area contributed by atoms with E-state index in [1.165, 1.54) is 5.56 Å². The van der Waals surface area contributed by atoms with E-state index in [0.29, 0.717) is 32.2 Å². The number of ether oxygens (including phenoxy) is 3. The predicted molar refractivity (Wildman–Crippen MR) is 165 cm³/mol. The second-order valence-electron chi connectivity index (χ2n) is 12.9. The van der Waals surface area contributed by atoms with Crippen molar-refractivity contribution in [3.8, 4) is 17.0 Å². The van der Waals surface area contributed by atoms with Crippen LogP contribution in [0.5, 0.6) is 5.75 Å². The number of para-hydroxylation sites is 1. The van der Waals surface area contributed by atoms with Crippen LogP contribution in [-0.2, 0) is 33.8 Å². The number of benzene rings is 2. The van der Waals surface area contributed by atoms with E-state index < -0.39 is 5.60 Å². The summed E-state index contributed by atoms with van der Waals surface area (Å²) in [7, 11) is 0. The zero-order valence-corrected chi connectivity index (χ0v) is 25.6. The van der Waals surface area contributed by atoms with Crippen LogP contribution >= 0.6 is 0 Å². The quantitative estimate of drug-likeness (QED) is 0.298. The smallest absolute Gasteiger partial charge is 0.410 e. The maximum Gasteiger partial charge on any atom is 0.410 e. The fourth-order valence-corrected chi connectivity index (χ4v) is 6.35. The highest BCUT2D eigenvalue weighted by molar-refractivity contribution is 5.81. The van der Waals surface area contributed by atoms with Gasteiger partial charge in [0.2, 0.25) is 0 Å². The van der Waals surface area contributed by atoms with Crippen LogP contribution in [0.15, 0.2) is 60.7 Å². The van der Waals surface area contributed by atoms with Crippen LogP contribution in [0.25, 0.3) is 11.3 Å². The third-order valence-corrected chi connectivity index (χ3v) is 8.73. The summed E-state index contributed by atoms with van der Waals surface area (Å²) in [6.07, 6.45) is 2.23. The lowest BCUT2D eigenvalue weighted by Crippen LogP contribution is -2.39. The highest BCUT2D eigenvalue weighted by atomic mass is 16.6. The lowest BCUT2D eigenvalue weighted by atomic mass is 9.95. The van der Waals surface area contributed by atoms with Gasteiger partial charge >= 0.3 is 12.1 Å². The molecule has 2 atom stereocenters. The Labute approximate surface area is 254 Å². The first-order valence-electron chi connectivity index (χ1n) is 15.4. The number of aromatic nitrogens is 1. The summed E-state index contributed by atoms with van der Waals surface area (Å²) in [5.41, 5.74) is 4.49. The van der Waals surface area contributed by atoms with Crippen molar-refractivity contribution in [1.29, 1.82) is 0 Å². The first-order valence-corrected chi connectivity index (χ1v) is 15.4. The molecule has 8 nitrogen and oxygen atoms in total.